The summed E-state index contributed by atoms with van der Waals surface area (Å²) in [6.07, 6.45) is 2.70. The zero-order valence-electron chi connectivity index (χ0n) is 8.82. The van der Waals surface area contributed by atoms with E-state index in [0.717, 1.165) is 5.56 Å². The van der Waals surface area contributed by atoms with Crippen LogP contribution in [0.1, 0.15) is 18.4 Å². The van der Waals surface area contributed by atoms with Crippen LogP contribution in [0.3, 0.4) is 0 Å². The van der Waals surface area contributed by atoms with Gasteiger partial charge in [0.05, 0.1) is 0 Å². The molecular formula is C13H13ClO2. The molecule has 2 nitrogen and oxygen atoms in total. The standard InChI is InChI=1S/C13H13ClO2/c1-10(13(15)16)7-8-12(14)9-11-5-3-2-4-6-11/h2-6,9H,1,7-8H2,(H,15,16). The van der Waals surface area contributed by atoms with Gasteiger partial charge in [-0.05, 0) is 24.5 Å². The zero-order valence-corrected chi connectivity index (χ0v) is 9.57. The van der Waals surface area contributed by atoms with Crippen molar-refractivity contribution in [2.45, 2.75) is 12.8 Å². The first-order chi connectivity index (χ1) is 7.59. The van der Waals surface area contributed by atoms with Gasteiger partial charge in [0, 0.05) is 10.6 Å². The highest BCUT2D eigenvalue weighted by molar-refractivity contribution is 6.31. The Morgan fingerprint density at radius 2 is 1.94 bits per heavy atom. The Hall–Kier alpha value is -1.54. The van der Waals surface area contributed by atoms with Gasteiger partial charge in [-0.15, -0.1) is 0 Å². The zero-order chi connectivity index (χ0) is 12.0. The molecule has 0 saturated heterocycles. The van der Waals surface area contributed by atoms with Crippen molar-refractivity contribution in [3.05, 3.63) is 53.1 Å². The van der Waals surface area contributed by atoms with Crippen LogP contribution in [0.5, 0.6) is 0 Å². The van der Waals surface area contributed by atoms with Gasteiger partial charge in [-0.25, -0.2) is 4.79 Å². The monoisotopic (exact) mass is 236 g/mol. The second kappa shape index (κ2) is 6.13. The van der Waals surface area contributed by atoms with Crippen LogP contribution in [0.4, 0.5) is 0 Å². The van der Waals surface area contributed by atoms with Crippen molar-refractivity contribution < 1.29 is 9.90 Å². The van der Waals surface area contributed by atoms with Gasteiger partial charge in [-0.2, -0.15) is 0 Å². The molecule has 16 heavy (non-hydrogen) atoms. The fourth-order valence-electron chi connectivity index (χ4n) is 1.18. The van der Waals surface area contributed by atoms with Crippen LogP contribution in [0.25, 0.3) is 6.08 Å². The molecule has 0 bridgehead atoms. The van der Waals surface area contributed by atoms with E-state index in [4.69, 9.17) is 16.7 Å². The average molecular weight is 237 g/mol. The first kappa shape index (κ1) is 12.5. The normalized spacial score (nSPS) is 11.2. The number of carbonyl (C=O) groups is 1. The molecule has 0 amide bonds. The van der Waals surface area contributed by atoms with Gasteiger partial charge in [0.25, 0.3) is 0 Å². The van der Waals surface area contributed by atoms with E-state index in [9.17, 15) is 4.79 Å². The van der Waals surface area contributed by atoms with Crippen LogP contribution in [0.15, 0.2) is 47.5 Å². The maximum absolute atomic E-state index is 10.5. The van der Waals surface area contributed by atoms with Crippen LogP contribution in [0.2, 0.25) is 0 Å². The Balaban J connectivity index is 2.53. The molecule has 84 valence electrons. The summed E-state index contributed by atoms with van der Waals surface area (Å²) in [7, 11) is 0. The van der Waals surface area contributed by atoms with E-state index in [1.807, 2.05) is 36.4 Å². The average Bonchev–Trinajstić information content (AvgIpc) is 2.27. The molecule has 0 atom stereocenters. The van der Waals surface area contributed by atoms with E-state index in [0.29, 0.717) is 17.9 Å². The largest absolute Gasteiger partial charge is 0.478 e. The lowest BCUT2D eigenvalue weighted by molar-refractivity contribution is -0.132. The van der Waals surface area contributed by atoms with Crippen molar-refractivity contribution in [1.82, 2.24) is 0 Å². The molecule has 0 saturated carbocycles. The first-order valence-electron chi connectivity index (χ1n) is 4.92. The molecule has 0 aliphatic carbocycles. The Kier molecular flexibility index (Phi) is 4.80. The highest BCUT2D eigenvalue weighted by Gasteiger charge is 2.04. The SMILES string of the molecule is C=C(CCC(Cl)=Cc1ccccc1)C(=O)O. The predicted molar refractivity (Wildman–Crippen MR) is 66.3 cm³/mol. The van der Waals surface area contributed by atoms with Crippen LogP contribution < -0.4 is 0 Å². The Morgan fingerprint density at radius 1 is 1.31 bits per heavy atom. The lowest BCUT2D eigenvalue weighted by Gasteiger charge is -2.00. The summed E-state index contributed by atoms with van der Waals surface area (Å²) in [5.74, 6) is -0.968. The van der Waals surface area contributed by atoms with E-state index in [1.54, 1.807) is 0 Å². The van der Waals surface area contributed by atoms with Crippen molar-refractivity contribution in [2.75, 3.05) is 0 Å². The van der Waals surface area contributed by atoms with Gasteiger partial charge in [0.15, 0.2) is 0 Å². The number of halogens is 1. The van der Waals surface area contributed by atoms with Crippen molar-refractivity contribution in [3.8, 4) is 0 Å². The molecule has 0 heterocycles. The third-order valence-electron chi connectivity index (χ3n) is 2.09. The first-order valence-corrected chi connectivity index (χ1v) is 5.29. The minimum Gasteiger partial charge on any atom is -0.478 e. The number of allylic oxidation sites excluding steroid dienone is 1. The lowest BCUT2D eigenvalue weighted by atomic mass is 10.1. The number of carboxylic acid groups (broad SMARTS) is 1. The Bertz CT molecular complexity index is 407. The summed E-state index contributed by atoms with van der Waals surface area (Å²) >= 11 is 5.99. The molecule has 0 spiro atoms. The van der Waals surface area contributed by atoms with Crippen molar-refractivity contribution in [1.29, 1.82) is 0 Å². The van der Waals surface area contributed by atoms with Gasteiger partial charge in [-0.1, -0.05) is 48.5 Å². The van der Waals surface area contributed by atoms with Gasteiger partial charge in [-0.3, -0.25) is 0 Å². The van der Waals surface area contributed by atoms with Gasteiger partial charge in [0.2, 0.25) is 0 Å². The smallest absolute Gasteiger partial charge is 0.330 e. The summed E-state index contributed by atoms with van der Waals surface area (Å²) < 4.78 is 0. The fraction of sp³-hybridized carbons (Fsp3) is 0.154. The maximum atomic E-state index is 10.5. The highest BCUT2D eigenvalue weighted by Crippen LogP contribution is 2.17. The van der Waals surface area contributed by atoms with Crippen molar-refractivity contribution in [2.24, 2.45) is 0 Å². The molecule has 3 heteroatoms. The topological polar surface area (TPSA) is 37.3 Å². The Morgan fingerprint density at radius 3 is 2.50 bits per heavy atom. The fourth-order valence-corrected chi connectivity index (χ4v) is 1.40. The number of aliphatic carboxylic acids is 1. The second-order valence-corrected chi connectivity index (χ2v) is 3.90. The summed E-state index contributed by atoms with van der Waals surface area (Å²) in [4.78, 5) is 10.5. The second-order valence-electron chi connectivity index (χ2n) is 3.41. The molecule has 1 aromatic rings. The Labute approximate surface area is 99.9 Å². The molecule has 0 aliphatic heterocycles. The third kappa shape index (κ3) is 4.32. The predicted octanol–water partition coefficient (Wildman–Crippen LogP) is 3.69. The molecule has 0 aliphatic rings. The van der Waals surface area contributed by atoms with Gasteiger partial charge in [0.1, 0.15) is 0 Å². The van der Waals surface area contributed by atoms with E-state index in [1.165, 1.54) is 0 Å². The van der Waals surface area contributed by atoms with E-state index < -0.39 is 5.97 Å². The summed E-state index contributed by atoms with van der Waals surface area (Å²) in [6, 6.07) is 9.65. The molecule has 1 aromatic carbocycles. The molecule has 0 aromatic heterocycles. The quantitative estimate of drug-likeness (QED) is 0.792. The summed E-state index contributed by atoms with van der Waals surface area (Å²) in [5.41, 5.74) is 1.19. The number of benzene rings is 1. The number of rotatable bonds is 5. The summed E-state index contributed by atoms with van der Waals surface area (Å²) in [5, 5.41) is 9.26. The maximum Gasteiger partial charge on any atom is 0.330 e. The lowest BCUT2D eigenvalue weighted by Crippen LogP contribution is -1.98. The van der Waals surface area contributed by atoms with Crippen LogP contribution in [0, 0.1) is 0 Å². The number of hydrogen-bond donors (Lipinski definition) is 1. The molecule has 0 fully saturated rings. The van der Waals surface area contributed by atoms with Crippen LogP contribution >= 0.6 is 11.6 Å². The number of carboxylic acids is 1. The van der Waals surface area contributed by atoms with Crippen LogP contribution in [-0.4, -0.2) is 11.1 Å². The van der Waals surface area contributed by atoms with E-state index in [2.05, 4.69) is 6.58 Å². The highest BCUT2D eigenvalue weighted by atomic mass is 35.5. The third-order valence-corrected chi connectivity index (χ3v) is 2.39. The molecular weight excluding hydrogens is 224 g/mol. The van der Waals surface area contributed by atoms with Gasteiger partial charge >= 0.3 is 5.97 Å². The molecule has 0 radical (unpaired) electrons. The van der Waals surface area contributed by atoms with E-state index >= 15 is 0 Å². The molecule has 0 unspecified atom stereocenters. The minimum atomic E-state index is -0.968. The minimum absolute atomic E-state index is 0.180. The van der Waals surface area contributed by atoms with E-state index in [-0.39, 0.29) is 5.57 Å². The molecule has 1 N–H and O–H groups in total. The van der Waals surface area contributed by atoms with Crippen LogP contribution in [-0.2, 0) is 4.79 Å². The summed E-state index contributed by atoms with van der Waals surface area (Å²) in [6.45, 7) is 3.45. The van der Waals surface area contributed by atoms with Crippen molar-refractivity contribution >= 4 is 23.6 Å². The molecule has 1 rings (SSSR count). The number of hydrogen-bond acceptors (Lipinski definition) is 1. The van der Waals surface area contributed by atoms with Crippen molar-refractivity contribution in [3.63, 3.8) is 0 Å². The van der Waals surface area contributed by atoms with Gasteiger partial charge < -0.3 is 5.11 Å².